The largest absolute Gasteiger partial charge is 0.309 e. The van der Waals surface area contributed by atoms with Crippen molar-refractivity contribution in [2.75, 3.05) is 0 Å². The molecule has 0 saturated carbocycles. The molecule has 0 aliphatic rings. The van der Waals surface area contributed by atoms with Gasteiger partial charge in [-0.3, -0.25) is 4.57 Å². The maximum Gasteiger partial charge on any atom is 0.162 e. The zero-order valence-corrected chi connectivity index (χ0v) is 28.2. The molecule has 0 saturated heterocycles. The maximum atomic E-state index is 5.39. The first-order chi connectivity index (χ1) is 25.3. The van der Waals surface area contributed by atoms with Gasteiger partial charge in [0, 0.05) is 64.6 Å². The van der Waals surface area contributed by atoms with Crippen LogP contribution in [0.5, 0.6) is 0 Å². The number of rotatable bonds is 4. The summed E-state index contributed by atoms with van der Waals surface area (Å²) in [7, 11) is 0. The zero-order chi connectivity index (χ0) is 33.5. The van der Waals surface area contributed by atoms with Gasteiger partial charge in [0.1, 0.15) is 5.82 Å². The van der Waals surface area contributed by atoms with Crippen LogP contribution in [0.4, 0.5) is 0 Å². The zero-order valence-electron chi connectivity index (χ0n) is 27.4. The van der Waals surface area contributed by atoms with Crippen molar-refractivity contribution in [3.8, 4) is 34.2 Å². The molecule has 0 fully saturated rings. The first kappa shape index (κ1) is 28.3. The summed E-state index contributed by atoms with van der Waals surface area (Å²) in [5.41, 5.74) is 8.69. The summed E-state index contributed by atoms with van der Waals surface area (Å²) in [6.07, 6.45) is 0. The molecule has 0 atom stereocenters. The van der Waals surface area contributed by atoms with Crippen molar-refractivity contribution >= 4 is 75.1 Å². The number of hydrogen-bond donors (Lipinski definition) is 0. The Morgan fingerprint density at radius 2 is 0.980 bits per heavy atom. The van der Waals surface area contributed by atoms with Crippen molar-refractivity contribution in [1.29, 1.82) is 0 Å². The fourth-order valence-electron chi connectivity index (χ4n) is 7.92. The van der Waals surface area contributed by atoms with Crippen molar-refractivity contribution < 1.29 is 0 Å². The average Bonchev–Trinajstić information content (AvgIpc) is 3.85. The molecule has 4 heterocycles. The molecule has 4 nitrogen and oxygen atoms in total. The minimum atomic E-state index is 0.705. The van der Waals surface area contributed by atoms with Crippen molar-refractivity contribution in [3.63, 3.8) is 0 Å². The number of nitrogens with zero attached hydrogens (tertiary/aromatic N) is 4. The Labute approximate surface area is 297 Å². The average molecular weight is 669 g/mol. The third-order valence-electron chi connectivity index (χ3n) is 10.1. The number of para-hydroxylation sites is 3. The molecule has 0 N–H and O–H groups in total. The van der Waals surface area contributed by atoms with Crippen LogP contribution in [-0.4, -0.2) is 19.1 Å². The van der Waals surface area contributed by atoms with Crippen molar-refractivity contribution in [2.45, 2.75) is 0 Å². The van der Waals surface area contributed by atoms with E-state index < -0.39 is 0 Å². The lowest BCUT2D eigenvalue weighted by Gasteiger charge is -2.12. The second-order valence-electron chi connectivity index (χ2n) is 13.0. The summed E-state index contributed by atoms with van der Waals surface area (Å²) in [4.78, 5) is 10.6. The van der Waals surface area contributed by atoms with Crippen molar-refractivity contribution in [2.24, 2.45) is 0 Å². The van der Waals surface area contributed by atoms with Crippen LogP contribution in [0.15, 0.2) is 170 Å². The van der Waals surface area contributed by atoms with E-state index in [1.54, 1.807) is 0 Å². The van der Waals surface area contributed by atoms with Gasteiger partial charge in [-0.2, -0.15) is 0 Å². The molecule has 0 spiro atoms. The summed E-state index contributed by atoms with van der Waals surface area (Å²) < 4.78 is 7.26. The quantitative estimate of drug-likeness (QED) is 0.187. The molecule has 0 bridgehead atoms. The molecular formula is C46H28N4S. The van der Waals surface area contributed by atoms with Gasteiger partial charge in [-0.05, 0) is 60.7 Å². The Morgan fingerprint density at radius 3 is 1.73 bits per heavy atom. The van der Waals surface area contributed by atoms with Crippen LogP contribution >= 0.6 is 11.3 Å². The number of thiophene rings is 1. The fraction of sp³-hybridized carbons (Fsp3) is 0. The number of fused-ring (bicyclic) bond motifs is 10. The minimum absolute atomic E-state index is 0.705. The highest BCUT2D eigenvalue weighted by Crippen LogP contribution is 2.43. The molecule has 238 valence electrons. The predicted octanol–water partition coefficient (Wildman–Crippen LogP) is 12.4. The van der Waals surface area contributed by atoms with Crippen molar-refractivity contribution in [1.82, 2.24) is 19.1 Å². The Balaban J connectivity index is 1.23. The molecule has 11 rings (SSSR count). The van der Waals surface area contributed by atoms with Crippen LogP contribution in [0.2, 0.25) is 0 Å². The van der Waals surface area contributed by atoms with E-state index in [0.29, 0.717) is 5.82 Å². The van der Waals surface area contributed by atoms with E-state index in [1.807, 2.05) is 17.4 Å². The third kappa shape index (κ3) is 4.25. The van der Waals surface area contributed by atoms with Gasteiger partial charge in [0.2, 0.25) is 0 Å². The van der Waals surface area contributed by atoms with Crippen LogP contribution in [0.3, 0.4) is 0 Å². The molecule has 51 heavy (non-hydrogen) atoms. The minimum Gasteiger partial charge on any atom is -0.309 e. The summed E-state index contributed by atoms with van der Waals surface area (Å²) in [5.74, 6) is 1.54. The first-order valence-electron chi connectivity index (χ1n) is 17.2. The van der Waals surface area contributed by atoms with Gasteiger partial charge < -0.3 is 4.57 Å². The van der Waals surface area contributed by atoms with E-state index in [0.717, 1.165) is 39.4 Å². The number of benzene rings is 7. The lowest BCUT2D eigenvalue weighted by atomic mass is 10.1. The molecule has 0 aliphatic carbocycles. The highest BCUT2D eigenvalue weighted by Gasteiger charge is 2.22. The second kappa shape index (κ2) is 11.0. The van der Waals surface area contributed by atoms with Gasteiger partial charge in [-0.1, -0.05) is 103 Å². The van der Waals surface area contributed by atoms with Gasteiger partial charge in [0.15, 0.2) is 5.82 Å². The van der Waals surface area contributed by atoms with E-state index in [4.69, 9.17) is 9.97 Å². The van der Waals surface area contributed by atoms with Gasteiger partial charge in [0.05, 0.1) is 27.8 Å². The van der Waals surface area contributed by atoms with Crippen molar-refractivity contribution in [3.05, 3.63) is 170 Å². The third-order valence-corrected chi connectivity index (χ3v) is 11.3. The van der Waals surface area contributed by atoms with E-state index in [1.165, 1.54) is 52.8 Å². The monoisotopic (exact) mass is 668 g/mol. The normalized spacial score (nSPS) is 11.9. The Bertz CT molecular complexity index is 3130. The highest BCUT2D eigenvalue weighted by molar-refractivity contribution is 7.25. The van der Waals surface area contributed by atoms with Gasteiger partial charge in [-0.15, -0.1) is 11.3 Å². The summed E-state index contributed by atoms with van der Waals surface area (Å²) in [6, 6.07) is 60.5. The number of hydrogen-bond acceptors (Lipinski definition) is 3. The molecular weight excluding hydrogens is 641 g/mol. The molecule has 0 aliphatic heterocycles. The Hall–Kier alpha value is -6.56. The summed E-state index contributed by atoms with van der Waals surface area (Å²) in [6.45, 7) is 0. The van der Waals surface area contributed by atoms with Crippen LogP contribution < -0.4 is 0 Å². The fourth-order valence-corrected chi connectivity index (χ4v) is 9.01. The van der Waals surface area contributed by atoms with Crippen LogP contribution in [0.1, 0.15) is 0 Å². The Kier molecular flexibility index (Phi) is 6.09. The van der Waals surface area contributed by atoms with E-state index >= 15 is 0 Å². The summed E-state index contributed by atoms with van der Waals surface area (Å²) >= 11 is 1.82. The molecule has 4 aromatic heterocycles. The second-order valence-corrected chi connectivity index (χ2v) is 14.1. The standard InChI is InChI=1S/C46H28N4S/c1-3-13-29(14-4-1)36-28-43(48-46(47-36)30-23-26-42-35(27-30)32-17-9-12-22-41(32)51-42)50-38-21-11-8-19-34(38)45-40(50)25-24-39-44(45)33-18-7-10-20-37(33)49(39)31-15-5-2-6-16-31/h1-28H. The first-order valence-corrected chi connectivity index (χ1v) is 18.0. The predicted molar refractivity (Wildman–Crippen MR) is 214 cm³/mol. The van der Waals surface area contributed by atoms with E-state index in [-0.39, 0.29) is 0 Å². The SMILES string of the molecule is c1ccc(-c2cc(-n3c4ccccc4c4c5c6ccccc6n(-c6ccccc6)c5ccc43)nc(-c3ccc4sc5ccccc5c4c3)n2)cc1. The molecule has 0 amide bonds. The highest BCUT2D eigenvalue weighted by atomic mass is 32.1. The number of aromatic nitrogens is 4. The summed E-state index contributed by atoms with van der Waals surface area (Å²) in [5, 5.41) is 7.39. The topological polar surface area (TPSA) is 35.6 Å². The molecule has 0 radical (unpaired) electrons. The maximum absolute atomic E-state index is 5.39. The molecule has 0 unspecified atom stereocenters. The smallest absolute Gasteiger partial charge is 0.162 e. The van der Waals surface area contributed by atoms with Crippen LogP contribution in [0.25, 0.3) is 97.9 Å². The molecule has 5 heteroatoms. The lowest BCUT2D eigenvalue weighted by Crippen LogP contribution is -2.02. The van der Waals surface area contributed by atoms with Gasteiger partial charge >= 0.3 is 0 Å². The van der Waals surface area contributed by atoms with Gasteiger partial charge in [0.25, 0.3) is 0 Å². The van der Waals surface area contributed by atoms with E-state index in [9.17, 15) is 0 Å². The van der Waals surface area contributed by atoms with Crippen LogP contribution in [0, 0.1) is 0 Å². The van der Waals surface area contributed by atoms with Crippen LogP contribution in [-0.2, 0) is 0 Å². The lowest BCUT2D eigenvalue weighted by molar-refractivity contribution is 1.05. The molecule has 7 aromatic carbocycles. The Morgan fingerprint density at radius 1 is 0.392 bits per heavy atom. The van der Waals surface area contributed by atoms with Gasteiger partial charge in [-0.25, -0.2) is 9.97 Å². The molecule has 11 aromatic rings. The van der Waals surface area contributed by atoms with E-state index in [2.05, 4.69) is 173 Å².